The molecule has 1 aliphatic rings. The summed E-state index contributed by atoms with van der Waals surface area (Å²) >= 11 is 0. The maximum absolute atomic E-state index is 12.8. The molecule has 29 heavy (non-hydrogen) atoms. The molecule has 146 valence electrons. The van der Waals surface area contributed by atoms with Crippen LogP contribution in [0, 0.1) is 22.7 Å². The number of hydrogen-bond donors (Lipinski definition) is 0. The Balaban J connectivity index is 1.59. The van der Waals surface area contributed by atoms with E-state index in [4.69, 9.17) is 10.00 Å². The van der Waals surface area contributed by atoms with Crippen molar-refractivity contribution in [1.29, 1.82) is 10.5 Å². The van der Waals surface area contributed by atoms with Gasteiger partial charge in [0.2, 0.25) is 0 Å². The number of ether oxygens (including phenoxy) is 1. The molecule has 1 heterocycles. The lowest BCUT2D eigenvalue weighted by atomic mass is 9.98. The van der Waals surface area contributed by atoms with Gasteiger partial charge in [-0.15, -0.1) is 0 Å². The minimum atomic E-state index is -0.222. The molecular formula is C24H23N3O2. The topological polar surface area (TPSA) is 77.1 Å². The summed E-state index contributed by atoms with van der Waals surface area (Å²) in [6, 6.07) is 21.1. The predicted octanol–water partition coefficient (Wildman–Crippen LogP) is 4.18. The lowest BCUT2D eigenvalue weighted by Gasteiger charge is -2.32. The van der Waals surface area contributed by atoms with Gasteiger partial charge in [0.05, 0.1) is 11.6 Å². The molecule has 1 fully saturated rings. The Hall–Kier alpha value is -3.57. The summed E-state index contributed by atoms with van der Waals surface area (Å²) in [5.74, 6) is 0.436. The van der Waals surface area contributed by atoms with Crippen LogP contribution in [0.4, 0.5) is 0 Å². The molecule has 0 bridgehead atoms. The van der Waals surface area contributed by atoms with Gasteiger partial charge in [0, 0.05) is 31.8 Å². The van der Waals surface area contributed by atoms with Crippen LogP contribution < -0.4 is 4.74 Å². The summed E-state index contributed by atoms with van der Waals surface area (Å²) in [6.45, 7) is 3.07. The van der Waals surface area contributed by atoms with Gasteiger partial charge in [-0.3, -0.25) is 4.79 Å². The van der Waals surface area contributed by atoms with E-state index in [1.807, 2.05) is 43.3 Å². The fourth-order valence-electron chi connectivity index (χ4n) is 3.44. The zero-order valence-corrected chi connectivity index (χ0v) is 16.4. The fraction of sp³-hybridized carbons (Fsp3) is 0.292. The number of nitriles is 2. The Morgan fingerprint density at radius 1 is 1.14 bits per heavy atom. The molecule has 0 spiro atoms. The first-order chi connectivity index (χ1) is 14.1. The standard InChI is InChI=1S/C24H23N3O2/c1-18(20-7-3-2-4-8-20)14-21(17-26)24(28)27-12-10-22(11-13-27)29-23-9-5-6-19(15-23)16-25/h2-9,14-15,18,22H,10-13H2,1H3/b21-14+. The molecule has 1 amide bonds. The van der Waals surface area contributed by atoms with E-state index >= 15 is 0 Å². The Bertz CT molecular complexity index is 962. The van der Waals surface area contributed by atoms with Gasteiger partial charge in [0.25, 0.3) is 5.91 Å². The summed E-state index contributed by atoms with van der Waals surface area (Å²) in [7, 11) is 0. The van der Waals surface area contributed by atoms with Crippen LogP contribution in [0.15, 0.2) is 66.2 Å². The lowest BCUT2D eigenvalue weighted by molar-refractivity contribution is -0.128. The number of carbonyl (C=O) groups excluding carboxylic acids is 1. The number of likely N-dealkylation sites (tertiary alicyclic amines) is 1. The van der Waals surface area contributed by atoms with Crippen LogP contribution in [0.5, 0.6) is 5.75 Å². The second kappa shape index (κ2) is 9.57. The third kappa shape index (κ3) is 5.24. The third-order valence-corrected chi connectivity index (χ3v) is 5.09. The highest BCUT2D eigenvalue weighted by atomic mass is 16.5. The number of nitrogens with zero attached hydrogens (tertiary/aromatic N) is 3. The van der Waals surface area contributed by atoms with Crippen LogP contribution in [0.3, 0.4) is 0 Å². The van der Waals surface area contributed by atoms with Crippen LogP contribution in [0.1, 0.15) is 36.8 Å². The third-order valence-electron chi connectivity index (χ3n) is 5.09. The van der Waals surface area contributed by atoms with Crippen LogP contribution in [-0.2, 0) is 4.79 Å². The molecule has 5 nitrogen and oxygen atoms in total. The summed E-state index contributed by atoms with van der Waals surface area (Å²) < 4.78 is 5.97. The second-order valence-corrected chi connectivity index (χ2v) is 7.14. The maximum atomic E-state index is 12.8. The van der Waals surface area contributed by atoms with E-state index in [0.717, 1.165) is 5.56 Å². The highest BCUT2D eigenvalue weighted by Gasteiger charge is 2.26. The van der Waals surface area contributed by atoms with Crippen molar-refractivity contribution < 1.29 is 9.53 Å². The van der Waals surface area contributed by atoms with Gasteiger partial charge in [-0.1, -0.05) is 49.4 Å². The highest BCUT2D eigenvalue weighted by molar-refractivity contribution is 5.97. The number of piperidine rings is 1. The molecule has 2 aromatic carbocycles. The molecule has 1 unspecified atom stereocenters. The van der Waals surface area contributed by atoms with Crippen LogP contribution >= 0.6 is 0 Å². The minimum absolute atomic E-state index is 0.00856. The predicted molar refractivity (Wildman–Crippen MR) is 110 cm³/mol. The molecule has 0 saturated carbocycles. The Labute approximate surface area is 171 Å². The monoisotopic (exact) mass is 385 g/mol. The van der Waals surface area contributed by atoms with Gasteiger partial charge in [-0.25, -0.2) is 0 Å². The van der Waals surface area contributed by atoms with Crippen molar-refractivity contribution in [2.45, 2.75) is 31.8 Å². The molecule has 1 aliphatic heterocycles. The van der Waals surface area contributed by atoms with E-state index < -0.39 is 0 Å². The normalized spacial score (nSPS) is 15.8. The summed E-state index contributed by atoms with van der Waals surface area (Å²) in [4.78, 5) is 14.5. The molecule has 0 radical (unpaired) electrons. The number of benzene rings is 2. The summed E-state index contributed by atoms with van der Waals surface area (Å²) in [5.41, 5.74) is 1.81. The Kier molecular flexibility index (Phi) is 6.66. The minimum Gasteiger partial charge on any atom is -0.490 e. The van der Waals surface area contributed by atoms with Crippen molar-refractivity contribution in [2.75, 3.05) is 13.1 Å². The highest BCUT2D eigenvalue weighted by Crippen LogP contribution is 2.22. The number of carbonyl (C=O) groups is 1. The fourth-order valence-corrected chi connectivity index (χ4v) is 3.44. The Morgan fingerprint density at radius 3 is 2.52 bits per heavy atom. The quantitative estimate of drug-likeness (QED) is 0.571. The van der Waals surface area contributed by atoms with E-state index in [1.54, 1.807) is 29.2 Å². The van der Waals surface area contributed by atoms with E-state index in [-0.39, 0.29) is 23.5 Å². The average Bonchev–Trinajstić information content (AvgIpc) is 2.78. The molecule has 1 saturated heterocycles. The molecule has 3 rings (SSSR count). The van der Waals surface area contributed by atoms with Crippen LogP contribution in [-0.4, -0.2) is 30.0 Å². The second-order valence-electron chi connectivity index (χ2n) is 7.14. The molecule has 1 atom stereocenters. The summed E-state index contributed by atoms with van der Waals surface area (Å²) in [5, 5.41) is 18.5. The number of amides is 1. The van der Waals surface area contributed by atoms with E-state index in [0.29, 0.717) is 37.2 Å². The lowest BCUT2D eigenvalue weighted by Crippen LogP contribution is -2.42. The number of allylic oxidation sites excluding steroid dienone is 1. The zero-order chi connectivity index (χ0) is 20.6. The smallest absolute Gasteiger partial charge is 0.264 e. The van der Waals surface area contributed by atoms with Crippen molar-refractivity contribution >= 4 is 5.91 Å². The van der Waals surface area contributed by atoms with Gasteiger partial charge in [-0.05, 0) is 23.8 Å². The number of hydrogen-bond acceptors (Lipinski definition) is 4. The first-order valence-electron chi connectivity index (χ1n) is 9.73. The molecule has 2 aromatic rings. The zero-order valence-electron chi connectivity index (χ0n) is 16.4. The van der Waals surface area contributed by atoms with Gasteiger partial charge in [-0.2, -0.15) is 10.5 Å². The van der Waals surface area contributed by atoms with Crippen LogP contribution in [0.25, 0.3) is 0 Å². The maximum Gasteiger partial charge on any atom is 0.264 e. The van der Waals surface area contributed by atoms with Crippen molar-refractivity contribution in [3.8, 4) is 17.9 Å². The molecule has 0 aliphatic carbocycles. The van der Waals surface area contributed by atoms with Crippen molar-refractivity contribution in [2.24, 2.45) is 0 Å². The van der Waals surface area contributed by atoms with Crippen molar-refractivity contribution in [3.63, 3.8) is 0 Å². The SMILES string of the molecule is CC(/C=C(\C#N)C(=O)N1CCC(Oc2cccc(C#N)c2)CC1)c1ccccc1. The van der Waals surface area contributed by atoms with Crippen molar-refractivity contribution in [1.82, 2.24) is 4.90 Å². The molecule has 0 N–H and O–H groups in total. The van der Waals surface area contributed by atoms with Crippen LogP contribution in [0.2, 0.25) is 0 Å². The van der Waals surface area contributed by atoms with Gasteiger partial charge >= 0.3 is 0 Å². The first kappa shape index (κ1) is 20.2. The first-order valence-corrected chi connectivity index (χ1v) is 9.73. The van der Waals surface area contributed by atoms with Gasteiger partial charge < -0.3 is 9.64 Å². The summed E-state index contributed by atoms with van der Waals surface area (Å²) in [6.07, 6.45) is 3.12. The van der Waals surface area contributed by atoms with Gasteiger partial charge in [0.1, 0.15) is 23.5 Å². The van der Waals surface area contributed by atoms with E-state index in [9.17, 15) is 10.1 Å². The van der Waals surface area contributed by atoms with Crippen molar-refractivity contribution in [3.05, 3.63) is 77.4 Å². The molecule has 0 aromatic heterocycles. The molecule has 5 heteroatoms. The van der Waals surface area contributed by atoms with E-state index in [2.05, 4.69) is 12.1 Å². The number of rotatable bonds is 5. The average molecular weight is 385 g/mol. The van der Waals surface area contributed by atoms with Gasteiger partial charge in [0.15, 0.2) is 0 Å². The Morgan fingerprint density at radius 2 is 1.86 bits per heavy atom. The molecular weight excluding hydrogens is 362 g/mol. The van der Waals surface area contributed by atoms with E-state index in [1.165, 1.54) is 0 Å². The largest absolute Gasteiger partial charge is 0.490 e.